The Morgan fingerprint density at radius 3 is 1.79 bits per heavy atom. The van der Waals surface area contributed by atoms with Gasteiger partial charge in [0.1, 0.15) is 12.4 Å². The van der Waals surface area contributed by atoms with Crippen LogP contribution in [0.4, 0.5) is 0 Å². The number of unbranched alkanes of at least 4 members (excludes halogenated alkanes) is 1. The molecule has 2 heterocycles. The van der Waals surface area contributed by atoms with E-state index < -0.39 is 59.2 Å². The van der Waals surface area contributed by atoms with Crippen LogP contribution in [0.1, 0.15) is 99.9 Å². The van der Waals surface area contributed by atoms with Crippen molar-refractivity contribution in [2.75, 3.05) is 149 Å². The zero-order chi connectivity index (χ0) is 62.5. The number of rotatable bonds is 45. The van der Waals surface area contributed by atoms with E-state index in [1.807, 2.05) is 11.2 Å². The number of carboxylic acids is 4. The maximum atomic E-state index is 13.5. The zero-order valence-electron chi connectivity index (χ0n) is 49.3. The molecule has 6 N–H and O–H groups in total. The summed E-state index contributed by atoms with van der Waals surface area (Å²) in [4.78, 5) is 146. The summed E-state index contributed by atoms with van der Waals surface area (Å²) >= 11 is 2.91. The third-order valence-electron chi connectivity index (χ3n) is 14.3. The quantitative estimate of drug-likeness (QED) is 0.0237. The summed E-state index contributed by atoms with van der Waals surface area (Å²) < 4.78 is 16.7. The summed E-state index contributed by atoms with van der Waals surface area (Å²) in [5, 5.41) is 47.8. The van der Waals surface area contributed by atoms with E-state index in [2.05, 4.69) is 5.32 Å². The van der Waals surface area contributed by atoms with Crippen molar-refractivity contribution >= 4 is 94.0 Å². The van der Waals surface area contributed by atoms with Crippen molar-refractivity contribution in [3.05, 3.63) is 35.4 Å². The van der Waals surface area contributed by atoms with E-state index in [1.165, 1.54) is 28.4 Å². The lowest BCUT2D eigenvalue weighted by molar-refractivity contribution is -0.144. The maximum absolute atomic E-state index is 13.5. The van der Waals surface area contributed by atoms with Gasteiger partial charge in [0.2, 0.25) is 17.7 Å². The van der Waals surface area contributed by atoms with Crippen molar-refractivity contribution in [2.45, 2.75) is 95.6 Å². The maximum Gasteiger partial charge on any atom is 0.317 e. The number of nitrogens with one attached hydrogen (secondary N) is 2. The number of nitrogens with zero attached hydrogens (tertiary/aromatic N) is 5. The summed E-state index contributed by atoms with van der Waals surface area (Å²) in [7, 11) is 0. The molecule has 0 spiro atoms. The number of Topliss-reactive ketones (excluding diaryl/α,β-unsaturated/α-hetero) is 4. The van der Waals surface area contributed by atoms with Crippen LogP contribution in [0.25, 0.3) is 0 Å². The average molecular weight is 1240 g/mol. The molecule has 27 heteroatoms. The monoisotopic (exact) mass is 1240 g/mol. The lowest BCUT2D eigenvalue weighted by Crippen LogP contribution is -2.49. The van der Waals surface area contributed by atoms with Crippen LogP contribution in [0.15, 0.2) is 24.3 Å². The number of carbonyl (C=O) groups excluding carboxylic acids is 7. The molecule has 3 amide bonds. The number of ketones is 4. The fraction of sp³-hybridized carbons (Fsp3) is 0.690. The minimum Gasteiger partial charge on any atom is -0.481 e. The van der Waals surface area contributed by atoms with Crippen molar-refractivity contribution < 1.29 is 87.4 Å². The second-order valence-corrected chi connectivity index (χ2v) is 23.7. The lowest BCUT2D eigenvalue weighted by atomic mass is 9.93. The second-order valence-electron chi connectivity index (χ2n) is 21.4. The molecule has 0 bridgehead atoms. The minimum absolute atomic E-state index is 0.0521. The molecular formula is C58H89N7O18S2. The normalized spacial score (nSPS) is 16.7. The molecule has 0 saturated carbocycles. The van der Waals surface area contributed by atoms with Crippen LogP contribution in [0.3, 0.4) is 0 Å². The van der Waals surface area contributed by atoms with Gasteiger partial charge >= 0.3 is 23.9 Å². The fourth-order valence-electron chi connectivity index (χ4n) is 9.53. The van der Waals surface area contributed by atoms with Gasteiger partial charge in [-0.1, -0.05) is 24.6 Å². The van der Waals surface area contributed by atoms with Gasteiger partial charge in [-0.05, 0) is 81.3 Å². The van der Waals surface area contributed by atoms with E-state index in [-0.39, 0.29) is 160 Å². The van der Waals surface area contributed by atoms with Gasteiger partial charge < -0.3 is 45.4 Å². The highest BCUT2D eigenvalue weighted by atomic mass is 32.2. The molecule has 1 aromatic rings. The Morgan fingerprint density at radius 1 is 0.647 bits per heavy atom. The van der Waals surface area contributed by atoms with Crippen LogP contribution in [0.5, 0.6) is 0 Å². The highest BCUT2D eigenvalue weighted by Crippen LogP contribution is 2.27. The van der Waals surface area contributed by atoms with Crippen LogP contribution < -0.4 is 5.32 Å². The number of hydrogen-bond acceptors (Lipinski definition) is 21. The molecule has 1 unspecified atom stereocenters. The van der Waals surface area contributed by atoms with Crippen molar-refractivity contribution in [3.63, 3.8) is 0 Å². The van der Waals surface area contributed by atoms with Crippen molar-refractivity contribution in [2.24, 2.45) is 11.8 Å². The minimum atomic E-state index is -1.17. The Balaban J connectivity index is 1.31. The molecule has 1 aromatic carbocycles. The van der Waals surface area contributed by atoms with Gasteiger partial charge in [-0.15, -0.1) is 11.8 Å². The highest BCUT2D eigenvalue weighted by Gasteiger charge is 2.38. The van der Waals surface area contributed by atoms with Crippen LogP contribution in [-0.4, -0.2) is 270 Å². The molecule has 0 aliphatic carbocycles. The van der Waals surface area contributed by atoms with Gasteiger partial charge in [0, 0.05) is 115 Å². The molecular weight excluding hydrogens is 1150 g/mol. The Kier molecular flexibility index (Phi) is 36.7. The predicted molar refractivity (Wildman–Crippen MR) is 318 cm³/mol. The Labute approximate surface area is 506 Å². The topological polar surface area (TPSA) is 348 Å². The number of thioether (sulfide) groups is 2. The fourth-order valence-corrected chi connectivity index (χ4v) is 11.2. The first-order chi connectivity index (χ1) is 40.6. The van der Waals surface area contributed by atoms with Crippen molar-refractivity contribution in [1.29, 1.82) is 5.41 Å². The van der Waals surface area contributed by atoms with Crippen LogP contribution in [0, 0.1) is 17.2 Å². The SMILES string of the molecule is CSCC[C@H](CC(=O)c1cccc(CCC(=O)COCCOCCOCCCC(=O)CN2CCN(CC(=O)O)CCN(CC(=O)O)CCN(CC(=O)O)CC2)c1)C(=O)NCC(=O)C[C@@H](CCCCN1C(=O)CC(SCCCC(C)=N)C1=O)C(=O)O. The molecule has 3 atom stereocenters. The number of benzene rings is 1. The smallest absolute Gasteiger partial charge is 0.317 e. The van der Waals surface area contributed by atoms with E-state index in [4.69, 9.17) is 19.6 Å². The molecule has 2 aliphatic heterocycles. The molecule has 3 rings (SSSR count). The summed E-state index contributed by atoms with van der Waals surface area (Å²) in [6.45, 7) is 4.33. The summed E-state index contributed by atoms with van der Waals surface area (Å²) in [6.07, 6.45) is 5.35. The Bertz CT molecular complexity index is 2330. The molecule has 85 heavy (non-hydrogen) atoms. The van der Waals surface area contributed by atoms with Gasteiger partial charge in [0.25, 0.3) is 0 Å². The number of aliphatic carboxylic acids is 4. The molecule has 2 fully saturated rings. The van der Waals surface area contributed by atoms with Crippen LogP contribution in [-0.2, 0) is 68.6 Å². The first-order valence-electron chi connectivity index (χ1n) is 29.1. The predicted octanol–water partition coefficient (Wildman–Crippen LogP) is 2.63. The number of imide groups is 1. The van der Waals surface area contributed by atoms with Gasteiger partial charge in [-0.3, -0.25) is 77.2 Å². The van der Waals surface area contributed by atoms with Crippen molar-refractivity contribution in [3.8, 4) is 0 Å². The highest BCUT2D eigenvalue weighted by molar-refractivity contribution is 8.00. The number of ether oxygens (including phenoxy) is 3. The van der Waals surface area contributed by atoms with Gasteiger partial charge in [-0.25, -0.2) is 0 Å². The van der Waals surface area contributed by atoms with E-state index in [9.17, 15) is 73.2 Å². The van der Waals surface area contributed by atoms with E-state index in [0.29, 0.717) is 94.1 Å². The van der Waals surface area contributed by atoms with Gasteiger partial charge in [-0.2, -0.15) is 11.8 Å². The molecule has 2 aliphatic rings. The number of hydrogen-bond donors (Lipinski definition) is 6. The van der Waals surface area contributed by atoms with Gasteiger partial charge in [0.05, 0.1) is 70.3 Å². The van der Waals surface area contributed by atoms with E-state index >= 15 is 0 Å². The third kappa shape index (κ3) is 32.7. The number of aryl methyl sites for hydroxylation is 1. The van der Waals surface area contributed by atoms with Crippen molar-refractivity contribution in [1.82, 2.24) is 29.8 Å². The van der Waals surface area contributed by atoms with Crippen LogP contribution in [0.2, 0.25) is 0 Å². The zero-order valence-corrected chi connectivity index (χ0v) is 51.0. The molecule has 2 saturated heterocycles. The van der Waals surface area contributed by atoms with Gasteiger partial charge in [0.15, 0.2) is 17.3 Å². The molecule has 476 valence electrons. The summed E-state index contributed by atoms with van der Waals surface area (Å²) in [5.74, 6) is -6.79. The number of carboxylic acid groups (broad SMARTS) is 4. The third-order valence-corrected chi connectivity index (χ3v) is 16.2. The van der Waals surface area contributed by atoms with Crippen LogP contribution >= 0.6 is 23.5 Å². The number of amides is 3. The average Bonchev–Trinajstić information content (AvgIpc) is 3.89. The number of carbonyl (C=O) groups is 11. The second kappa shape index (κ2) is 42.3. The lowest BCUT2D eigenvalue weighted by Gasteiger charge is -2.32. The molecule has 0 aromatic heterocycles. The molecule has 0 radical (unpaired) electrons. The summed E-state index contributed by atoms with van der Waals surface area (Å²) in [5.41, 5.74) is 1.68. The largest absolute Gasteiger partial charge is 0.481 e. The summed E-state index contributed by atoms with van der Waals surface area (Å²) in [6, 6.07) is 6.83. The van der Waals surface area contributed by atoms with E-state index in [1.54, 1.807) is 45.9 Å². The Morgan fingerprint density at radius 2 is 1.22 bits per heavy atom. The first-order valence-corrected chi connectivity index (χ1v) is 31.5. The Hall–Kier alpha value is -5.52. The standard InChI is InChI=1S/C58H89N7O18S2/c1-42(59)8-7-30-85-51-35-52(70)65(57(51)78)16-4-3-10-46(58(79)80)33-49(68)36-60-56(77)45(15-31-84-2)34-50(69)44-11-5-9-43(32-44)13-14-48(67)41-83-29-28-82-27-26-81-25-6-12-47(66)37-61-17-19-62(38-53(71)72)21-23-64(40-55(75)76)24-22-63(20-18-61)39-54(73)74/h5,9,11,32,45-46,51,59H,3-4,6-8,10,12-31,33-41H2,1-2H3,(H,60,77)(H,71,72)(H,73,74)(H,75,76)(H,79,80)/t45-,46-,51?/m1/s1. The molecule has 25 nitrogen and oxygen atoms in total. The number of likely N-dealkylation sites (tertiary alicyclic amines) is 1. The first kappa shape index (κ1) is 73.7. The van der Waals surface area contributed by atoms with E-state index in [0.717, 1.165) is 12.0 Å².